The molecule has 0 radical (unpaired) electrons. The van der Waals surface area contributed by atoms with Crippen LogP contribution in [0.15, 0.2) is 182 Å². The first-order valence-electron chi connectivity index (χ1n) is 44.5. The Hall–Kier alpha value is -10.5. The minimum absolute atomic E-state index is 0.00303. The summed E-state index contributed by atoms with van der Waals surface area (Å²) in [7, 11) is 10.1. The number of hydrogen-bond donors (Lipinski definition) is 0. The van der Waals surface area contributed by atoms with Gasteiger partial charge < -0.3 is 81.9 Å². The lowest BCUT2D eigenvalue weighted by molar-refractivity contribution is -0.122. The first kappa shape index (κ1) is 99.0. The van der Waals surface area contributed by atoms with Crippen molar-refractivity contribution in [3.8, 4) is 46.0 Å². The Morgan fingerprint density at radius 2 is 0.492 bits per heavy atom. The number of carbonyl (C=O) groups is 6. The average molecular weight is 1870 g/mol. The van der Waals surface area contributed by atoms with Gasteiger partial charge in [-0.1, -0.05) is 154 Å². The van der Waals surface area contributed by atoms with Gasteiger partial charge >= 0.3 is 35.2 Å². The number of ether oxygens (including phenoxy) is 4. The molecule has 6 amide bonds. The first-order valence-corrected chi connectivity index (χ1v) is 52.2. The van der Waals surface area contributed by atoms with Gasteiger partial charge in [0.1, 0.15) is 58.1 Å². The van der Waals surface area contributed by atoms with E-state index in [9.17, 15) is 0 Å². The number of likely N-dealkylation sites (N-methyl/N-ethyl adjacent to an activating group) is 2. The lowest BCUT2D eigenvalue weighted by atomic mass is 9.80. The van der Waals surface area contributed by atoms with Gasteiger partial charge in [0.15, 0.2) is 0 Å². The molecule has 2 atom stereocenters. The third-order valence-corrected chi connectivity index (χ3v) is 38.2. The maximum absolute atomic E-state index is 16.8. The van der Waals surface area contributed by atoms with Gasteiger partial charge in [-0.15, -0.1) is 0 Å². The number of imide groups is 2. The van der Waals surface area contributed by atoms with Crippen LogP contribution < -0.4 is 28.7 Å². The highest BCUT2D eigenvalue weighted by molar-refractivity contribution is 6.62. The maximum atomic E-state index is 16.8. The largest absolute Gasteiger partial charge is 0.500 e. The van der Waals surface area contributed by atoms with Crippen molar-refractivity contribution in [1.29, 1.82) is 0 Å². The fourth-order valence-electron chi connectivity index (χ4n) is 18.4. The highest BCUT2D eigenvalue weighted by atomic mass is 28.4. The van der Waals surface area contributed by atoms with E-state index < -0.39 is 104 Å². The van der Waals surface area contributed by atoms with Crippen LogP contribution in [-0.4, -0.2) is 192 Å². The smallest absolute Gasteiger partial charge is 0.457 e. The predicted octanol–water partition coefficient (Wildman–Crippen LogP) is 21.2. The maximum Gasteiger partial charge on any atom is 0.500 e. The summed E-state index contributed by atoms with van der Waals surface area (Å²) in [6.07, 6.45) is 2.39. The van der Waals surface area contributed by atoms with Gasteiger partial charge in [-0.05, 0) is 180 Å². The molecule has 700 valence electrons. The highest BCUT2D eigenvalue weighted by Crippen LogP contribution is 2.59. The van der Waals surface area contributed by atoms with E-state index in [0.29, 0.717) is 84.2 Å². The average Bonchev–Trinajstić information content (AvgIpc) is 0.668. The summed E-state index contributed by atoms with van der Waals surface area (Å²) in [4.78, 5) is 103. The lowest BCUT2D eigenvalue weighted by Crippen LogP contribution is -2.54. The number of rotatable bonds is 44. The summed E-state index contributed by atoms with van der Waals surface area (Å²) < 4.78 is 101. The van der Waals surface area contributed by atoms with Gasteiger partial charge in [-0.2, -0.15) is 0 Å². The fourth-order valence-corrected chi connectivity index (χ4v) is 26.6. The molecule has 0 bridgehead atoms. The SMILES string of the molecule is CCC(C(=O)N(C)c1ccccc1)N1C(=O)c2cc(Oc3ccc(C(C)(C)CC[Si](OC)(OC)OC)cc3)c3c4c(Oc5ccc(C(C)(C)CC[Si](OC)(OC)OC)cc5)cc5c6c(cc(Oc7ccc(C(C)(C)CC[Si](OC)(OC)OC)cc7)c(c7c(Oc8ccc(C(C)(C)CC[Si](OC)(OC)OC)cc8)cc(c2c37)C1=O)c64)C(=O)N(C(CC)C(=O)N(C)c1ccccc1)C5=O. The molecule has 0 fully saturated rings. The van der Waals surface area contributed by atoms with E-state index in [-0.39, 0.29) is 101 Å². The van der Waals surface area contributed by atoms with Gasteiger partial charge in [-0.25, -0.2) is 0 Å². The quantitative estimate of drug-likeness (QED) is 0.0149. The summed E-state index contributed by atoms with van der Waals surface area (Å²) >= 11 is 0. The van der Waals surface area contributed by atoms with E-state index in [1.807, 2.05) is 109 Å². The van der Waals surface area contributed by atoms with Gasteiger partial charge in [0.2, 0.25) is 11.8 Å². The van der Waals surface area contributed by atoms with Gasteiger partial charge in [-0.3, -0.25) is 38.6 Å². The van der Waals surface area contributed by atoms with Crippen molar-refractivity contribution in [2.75, 3.05) is 109 Å². The molecule has 26 nitrogen and oxygen atoms in total. The predicted molar refractivity (Wildman–Crippen MR) is 520 cm³/mol. The van der Waals surface area contributed by atoms with Crippen LogP contribution in [0.5, 0.6) is 46.0 Å². The van der Waals surface area contributed by atoms with E-state index in [1.165, 1.54) is 9.80 Å². The van der Waals surface area contributed by atoms with E-state index in [1.54, 1.807) is 186 Å². The number of fused-ring (bicyclic) bond motifs is 2. The Balaban J connectivity index is 1.17. The van der Waals surface area contributed by atoms with Crippen LogP contribution in [0.1, 0.15) is 171 Å². The van der Waals surface area contributed by atoms with Crippen molar-refractivity contribution in [2.45, 2.75) is 166 Å². The Labute approximate surface area is 778 Å². The monoisotopic (exact) mass is 1870 g/mol. The van der Waals surface area contributed by atoms with Crippen LogP contribution in [0.4, 0.5) is 11.4 Å². The minimum Gasteiger partial charge on any atom is -0.457 e. The molecule has 11 aromatic rings. The van der Waals surface area contributed by atoms with Crippen molar-refractivity contribution in [2.24, 2.45) is 0 Å². The third-order valence-electron chi connectivity index (χ3n) is 27.3. The molecular weight excluding hydrogens is 1750 g/mol. The lowest BCUT2D eigenvalue weighted by Gasteiger charge is -2.36. The molecule has 13 rings (SSSR count). The Kier molecular flexibility index (Phi) is 30.0. The number of hydrogen-bond acceptors (Lipinski definition) is 22. The first-order chi connectivity index (χ1) is 62.9. The van der Waals surface area contributed by atoms with Crippen LogP contribution in [0.2, 0.25) is 24.2 Å². The van der Waals surface area contributed by atoms with Crippen molar-refractivity contribution < 1.29 is 101 Å². The van der Waals surface area contributed by atoms with E-state index in [2.05, 4.69) is 55.4 Å². The molecule has 30 heteroatoms. The molecule has 2 unspecified atom stereocenters. The van der Waals surface area contributed by atoms with Crippen LogP contribution >= 0.6 is 0 Å². The number of carbonyl (C=O) groups excluding carboxylic acids is 6. The van der Waals surface area contributed by atoms with Gasteiger partial charge in [0.25, 0.3) is 23.6 Å². The van der Waals surface area contributed by atoms with Gasteiger partial charge in [0, 0.05) is 178 Å². The Bertz CT molecular complexity index is 5340. The number of para-hydroxylation sites is 2. The molecule has 0 saturated carbocycles. The number of anilines is 2. The van der Waals surface area contributed by atoms with E-state index in [0.717, 1.165) is 32.1 Å². The zero-order valence-electron chi connectivity index (χ0n) is 80.3. The molecule has 11 aromatic carbocycles. The highest BCUT2D eigenvalue weighted by Gasteiger charge is 2.50. The summed E-state index contributed by atoms with van der Waals surface area (Å²) in [6, 6.07) is 54.0. The summed E-state index contributed by atoms with van der Waals surface area (Å²) in [6.45, 7) is 20.5. The molecular formula is C102H124N4O22Si4. The molecule has 2 aliphatic rings. The normalized spacial score (nSPS) is 14.2. The van der Waals surface area contributed by atoms with E-state index >= 15 is 28.8 Å². The topological polar surface area (TPSA) is 263 Å². The second-order valence-electron chi connectivity index (χ2n) is 36.2. The van der Waals surface area contributed by atoms with Crippen molar-refractivity contribution in [3.63, 3.8) is 0 Å². The fraction of sp³-hybridized carbons (Fsp3) is 0.392. The third kappa shape index (κ3) is 19.0. The summed E-state index contributed by atoms with van der Waals surface area (Å²) in [5, 5.41) is 1.71. The number of amides is 6. The van der Waals surface area contributed by atoms with Crippen molar-refractivity contribution in [3.05, 3.63) is 226 Å². The molecule has 0 N–H and O–H groups in total. The Morgan fingerprint density at radius 3 is 0.674 bits per heavy atom. The zero-order valence-corrected chi connectivity index (χ0v) is 84.3. The van der Waals surface area contributed by atoms with Crippen LogP contribution in [0, 0.1) is 0 Å². The molecule has 0 aliphatic carbocycles. The molecule has 2 aliphatic heterocycles. The standard InChI is InChI=1S/C102H124N4O22Si4/c1-25-79(97(111)103(11)69-33-29-27-30-34-69)105-93(107)75-61-81(125-71-45-37-65(38-46-71)99(3,4)53-57-129(113-13,114-14)115-15)87-89-83(127-73-49-41-67(42-50-73)101(7,8)55-59-131(119-19,120-20)121-21)63-77-86-78(96(110)106(95(77)109)80(26-2)98(112)104(12)70-35-31-28-32-36-70)64-84(128-74-51-43-68(44-52-74)102(9,10)56-60-132(122-22,123-23)124-24)90(92(86)89)88-82(62-76(94(105)108)85(75)91(87)88)126-72-47-39-66(40-48-72)100(5,6)54-58-130(116-16,117-17)118-18/h27-52,61-64,79-80H,25-26,53-60H2,1-24H3. The summed E-state index contributed by atoms with van der Waals surface area (Å²) in [5.74, 6) is -2.98. The molecule has 2 heterocycles. The second-order valence-corrected chi connectivity index (χ2v) is 48.5. The Morgan fingerprint density at radius 1 is 0.295 bits per heavy atom. The van der Waals surface area contributed by atoms with Crippen LogP contribution in [-0.2, 0) is 84.4 Å². The molecule has 0 spiro atoms. The number of benzene rings is 11. The molecule has 132 heavy (non-hydrogen) atoms. The van der Waals surface area contributed by atoms with Crippen molar-refractivity contribution >= 4 is 125 Å². The second kappa shape index (κ2) is 40.0. The zero-order chi connectivity index (χ0) is 95.5. The van der Waals surface area contributed by atoms with Crippen LogP contribution in [0.3, 0.4) is 0 Å². The van der Waals surface area contributed by atoms with Gasteiger partial charge in [0.05, 0.1) is 22.3 Å². The molecule has 0 aromatic heterocycles. The van der Waals surface area contributed by atoms with Crippen LogP contribution in [0.25, 0.3) is 43.1 Å². The number of nitrogens with zero attached hydrogens (tertiary/aromatic N) is 4. The minimum atomic E-state index is -3.06. The summed E-state index contributed by atoms with van der Waals surface area (Å²) in [5.41, 5.74) is 2.69. The van der Waals surface area contributed by atoms with E-state index in [4.69, 9.17) is 72.1 Å². The van der Waals surface area contributed by atoms with Crippen molar-refractivity contribution in [1.82, 2.24) is 9.80 Å². The molecule has 0 saturated heterocycles.